The molecule has 0 aliphatic heterocycles. The van der Waals surface area contributed by atoms with Crippen molar-refractivity contribution in [1.29, 1.82) is 0 Å². The summed E-state index contributed by atoms with van der Waals surface area (Å²) in [6, 6.07) is 92.0. The second kappa shape index (κ2) is 16.8. The number of hydrogen-bond donors (Lipinski definition) is 0. The number of nitrogens with zero attached hydrogens (tertiary/aromatic N) is 2. The minimum Gasteiger partial charge on any atom is -0.310 e. The van der Waals surface area contributed by atoms with Gasteiger partial charge >= 0.3 is 0 Å². The Morgan fingerprint density at radius 2 is 0.603 bits per heavy atom. The molecule has 0 aliphatic carbocycles. The lowest BCUT2D eigenvalue weighted by Crippen LogP contribution is -2.11. The maximum absolute atomic E-state index is 2.43. The molecule has 0 bridgehead atoms. The maximum atomic E-state index is 2.43. The smallest absolute Gasteiger partial charge is 0.0554 e. The van der Waals surface area contributed by atoms with Gasteiger partial charge in [0, 0.05) is 48.6 Å². The van der Waals surface area contributed by atoms with Crippen molar-refractivity contribution in [2.45, 2.75) is 0 Å². The largest absolute Gasteiger partial charge is 0.310 e. The first-order valence-corrected chi connectivity index (χ1v) is 22.2. The van der Waals surface area contributed by atoms with Gasteiger partial charge < -0.3 is 9.80 Å². The first-order chi connectivity index (χ1) is 31.2. The summed E-state index contributed by atoms with van der Waals surface area (Å²) in [5.41, 5.74) is 16.1. The molecule has 0 aliphatic rings. The first-order valence-electron chi connectivity index (χ1n) is 21.4. The molecule has 1 aromatic heterocycles. The van der Waals surface area contributed by atoms with Crippen LogP contribution in [0.2, 0.25) is 0 Å². The first kappa shape index (κ1) is 38.0. The number of rotatable bonds is 10. The maximum Gasteiger partial charge on any atom is 0.0554 e. The van der Waals surface area contributed by atoms with Gasteiger partial charge in [0.05, 0.1) is 5.69 Å². The molecule has 0 N–H and O–H groups in total. The van der Waals surface area contributed by atoms with E-state index in [0.29, 0.717) is 0 Å². The summed E-state index contributed by atoms with van der Waals surface area (Å²) in [4.78, 5) is 4.79. The van der Waals surface area contributed by atoms with E-state index >= 15 is 0 Å². The monoisotopic (exact) mass is 822 g/mol. The van der Waals surface area contributed by atoms with Gasteiger partial charge in [0.1, 0.15) is 0 Å². The summed E-state index contributed by atoms with van der Waals surface area (Å²) in [6.07, 6.45) is 0. The summed E-state index contributed by atoms with van der Waals surface area (Å²) >= 11 is 1.85. The quantitative estimate of drug-likeness (QED) is 0.136. The Labute approximate surface area is 372 Å². The molecule has 2 nitrogen and oxygen atoms in total. The van der Waals surface area contributed by atoms with Crippen LogP contribution >= 0.6 is 11.3 Å². The number of thiophene rings is 1. The fraction of sp³-hybridized carbons (Fsp3) is 0. The summed E-state index contributed by atoms with van der Waals surface area (Å²) in [5, 5.41) is 2.54. The number of benzene rings is 10. The highest BCUT2D eigenvalue weighted by Gasteiger charge is 2.20. The van der Waals surface area contributed by atoms with Crippen LogP contribution in [0.4, 0.5) is 34.1 Å². The molecule has 0 saturated heterocycles. The van der Waals surface area contributed by atoms with Gasteiger partial charge in [-0.25, -0.2) is 0 Å². The topological polar surface area (TPSA) is 6.48 Å². The highest BCUT2D eigenvalue weighted by atomic mass is 32.1. The summed E-state index contributed by atoms with van der Waals surface area (Å²) < 4.78 is 2.57. The van der Waals surface area contributed by atoms with Crippen LogP contribution in [-0.2, 0) is 0 Å². The van der Waals surface area contributed by atoms with Crippen LogP contribution < -0.4 is 9.80 Å². The van der Waals surface area contributed by atoms with Gasteiger partial charge in [-0.3, -0.25) is 0 Å². The van der Waals surface area contributed by atoms with Gasteiger partial charge in [-0.1, -0.05) is 176 Å². The van der Waals surface area contributed by atoms with Gasteiger partial charge in [0.25, 0.3) is 0 Å². The van der Waals surface area contributed by atoms with Gasteiger partial charge in [0.15, 0.2) is 0 Å². The van der Waals surface area contributed by atoms with Crippen molar-refractivity contribution in [3.8, 4) is 44.5 Å². The molecule has 0 radical (unpaired) electrons. The Hall–Kier alpha value is -7.98. The lowest BCUT2D eigenvalue weighted by atomic mass is 10.0. The van der Waals surface area contributed by atoms with E-state index in [-0.39, 0.29) is 0 Å². The van der Waals surface area contributed by atoms with Gasteiger partial charge in [-0.2, -0.15) is 0 Å². The van der Waals surface area contributed by atoms with Gasteiger partial charge in [0.2, 0.25) is 0 Å². The van der Waals surface area contributed by atoms with Crippen molar-refractivity contribution in [1.82, 2.24) is 0 Å². The highest BCUT2D eigenvalue weighted by molar-refractivity contribution is 7.26. The molecule has 11 aromatic rings. The molecular formula is C60H42N2S. The second-order valence-electron chi connectivity index (χ2n) is 15.8. The fourth-order valence-electron chi connectivity index (χ4n) is 8.77. The zero-order chi connectivity index (χ0) is 42.0. The molecule has 11 rings (SSSR count). The van der Waals surface area contributed by atoms with Crippen LogP contribution in [0, 0.1) is 0 Å². The van der Waals surface area contributed by atoms with Crippen LogP contribution in [0.3, 0.4) is 0 Å². The van der Waals surface area contributed by atoms with Crippen LogP contribution in [0.1, 0.15) is 0 Å². The van der Waals surface area contributed by atoms with E-state index in [1.54, 1.807) is 0 Å². The van der Waals surface area contributed by atoms with Crippen LogP contribution in [0.5, 0.6) is 0 Å². The van der Waals surface area contributed by atoms with Crippen LogP contribution in [-0.4, -0.2) is 0 Å². The standard InChI is InChI=1S/C60H42N2S/c1-4-15-43(16-5-1)46-29-35-51(36-30-46)61(52-37-31-47(32-38-52)44-17-6-2-7-18-44)54-23-12-21-49(41-54)50-22-13-24-55(42-50)62(53-39-33-48(34-40-53)45-19-8-3-9-20-45)57-26-14-28-59-60(57)56-25-10-11-27-58(56)63-59/h1-42H. The Morgan fingerprint density at radius 1 is 0.238 bits per heavy atom. The highest BCUT2D eigenvalue weighted by Crippen LogP contribution is 2.46. The third-order valence-electron chi connectivity index (χ3n) is 11.9. The molecular weight excluding hydrogens is 781 g/mol. The molecule has 0 amide bonds. The third kappa shape index (κ3) is 7.56. The second-order valence-corrected chi connectivity index (χ2v) is 16.8. The lowest BCUT2D eigenvalue weighted by Gasteiger charge is -2.28. The Balaban J connectivity index is 1.02. The molecule has 0 unspecified atom stereocenters. The average Bonchev–Trinajstić information content (AvgIpc) is 3.75. The summed E-state index contributed by atoms with van der Waals surface area (Å²) in [5.74, 6) is 0. The van der Waals surface area contributed by atoms with Crippen molar-refractivity contribution in [3.05, 3.63) is 255 Å². The van der Waals surface area contributed by atoms with Gasteiger partial charge in [-0.15, -0.1) is 11.3 Å². The van der Waals surface area contributed by atoms with Crippen molar-refractivity contribution in [3.63, 3.8) is 0 Å². The third-order valence-corrected chi connectivity index (χ3v) is 13.0. The molecule has 0 spiro atoms. The molecule has 10 aromatic carbocycles. The van der Waals surface area contributed by atoms with E-state index in [1.807, 2.05) is 11.3 Å². The fourth-order valence-corrected chi connectivity index (χ4v) is 9.89. The number of anilines is 6. The van der Waals surface area contributed by atoms with Crippen molar-refractivity contribution >= 4 is 65.6 Å². The normalized spacial score (nSPS) is 11.2. The minimum absolute atomic E-state index is 1.08. The molecule has 0 fully saturated rings. The molecule has 1 heterocycles. The van der Waals surface area contributed by atoms with Crippen molar-refractivity contribution in [2.75, 3.05) is 9.80 Å². The number of hydrogen-bond acceptors (Lipinski definition) is 3. The molecule has 0 saturated carbocycles. The molecule has 3 heteroatoms. The zero-order valence-electron chi connectivity index (χ0n) is 34.6. The van der Waals surface area contributed by atoms with E-state index < -0.39 is 0 Å². The Bertz CT molecular complexity index is 3220. The van der Waals surface area contributed by atoms with E-state index in [9.17, 15) is 0 Å². The SMILES string of the molecule is c1ccc(-c2ccc(N(c3ccc(-c4ccccc4)cc3)c3cccc(-c4cccc(N(c5ccc(-c6ccccc6)cc5)c5cccc6sc7ccccc7c56)c4)c3)cc2)cc1. The van der Waals surface area contributed by atoms with E-state index in [4.69, 9.17) is 0 Å². The zero-order valence-corrected chi connectivity index (χ0v) is 35.4. The predicted molar refractivity (Wildman–Crippen MR) is 270 cm³/mol. The molecule has 298 valence electrons. The van der Waals surface area contributed by atoms with E-state index in [1.165, 1.54) is 53.6 Å². The predicted octanol–water partition coefficient (Wildman–Crippen LogP) is 17.7. The summed E-state index contributed by atoms with van der Waals surface area (Å²) in [7, 11) is 0. The minimum atomic E-state index is 1.08. The van der Waals surface area contributed by atoms with E-state index in [2.05, 4.69) is 265 Å². The van der Waals surface area contributed by atoms with E-state index in [0.717, 1.165) is 45.3 Å². The Morgan fingerprint density at radius 3 is 1.10 bits per heavy atom. The summed E-state index contributed by atoms with van der Waals surface area (Å²) in [6.45, 7) is 0. The Kier molecular flexibility index (Phi) is 10.1. The average molecular weight is 823 g/mol. The molecule has 0 atom stereocenters. The van der Waals surface area contributed by atoms with Crippen LogP contribution in [0.15, 0.2) is 255 Å². The van der Waals surface area contributed by atoms with Gasteiger partial charge in [-0.05, 0) is 123 Å². The van der Waals surface area contributed by atoms with Crippen LogP contribution in [0.25, 0.3) is 64.7 Å². The number of fused-ring (bicyclic) bond motifs is 3. The molecule has 63 heavy (non-hydrogen) atoms. The van der Waals surface area contributed by atoms with Crippen molar-refractivity contribution < 1.29 is 0 Å². The van der Waals surface area contributed by atoms with Crippen molar-refractivity contribution in [2.24, 2.45) is 0 Å². The lowest BCUT2D eigenvalue weighted by molar-refractivity contribution is 1.28.